The van der Waals surface area contributed by atoms with E-state index >= 15 is 0 Å². The second kappa shape index (κ2) is 11.7. The van der Waals surface area contributed by atoms with E-state index in [0.717, 1.165) is 0 Å². The van der Waals surface area contributed by atoms with Crippen LogP contribution >= 0.6 is 23.2 Å². The lowest BCUT2D eigenvalue weighted by Crippen LogP contribution is -2.25. The molecule has 11 heteroatoms. The molecule has 9 nitrogen and oxygen atoms in total. The van der Waals surface area contributed by atoms with Crippen LogP contribution < -0.4 is 20.5 Å². The topological polar surface area (TPSA) is 133 Å². The van der Waals surface area contributed by atoms with Crippen molar-refractivity contribution in [3.8, 4) is 17.6 Å². The van der Waals surface area contributed by atoms with E-state index in [1.165, 1.54) is 7.11 Å². The largest absolute Gasteiger partial charge is 0.493 e. The van der Waals surface area contributed by atoms with Crippen molar-refractivity contribution in [3.63, 3.8) is 0 Å². The molecule has 2 aromatic rings. The van der Waals surface area contributed by atoms with E-state index in [-0.39, 0.29) is 47.5 Å². The lowest BCUT2D eigenvalue weighted by atomic mass is 9.83. The summed E-state index contributed by atoms with van der Waals surface area (Å²) in [5.74, 6) is -1.26. The van der Waals surface area contributed by atoms with Gasteiger partial charge in [-0.05, 0) is 49.7 Å². The summed E-state index contributed by atoms with van der Waals surface area (Å²) in [7, 11) is 1.42. The zero-order valence-electron chi connectivity index (χ0n) is 19.7. The maximum atomic E-state index is 12.7. The van der Waals surface area contributed by atoms with Gasteiger partial charge in [-0.2, -0.15) is 5.26 Å². The number of anilines is 1. The number of ether oxygens (including phenoxy) is 4. The molecule has 0 bridgehead atoms. The molecule has 188 valence electrons. The second-order valence-corrected chi connectivity index (χ2v) is 8.39. The molecule has 0 saturated heterocycles. The average molecular weight is 532 g/mol. The van der Waals surface area contributed by atoms with E-state index in [2.05, 4.69) is 5.32 Å². The van der Waals surface area contributed by atoms with Crippen LogP contribution in [0.4, 0.5) is 5.69 Å². The smallest absolute Gasteiger partial charge is 0.338 e. The van der Waals surface area contributed by atoms with Gasteiger partial charge in [-0.25, -0.2) is 4.79 Å². The summed E-state index contributed by atoms with van der Waals surface area (Å²) in [4.78, 5) is 25.1. The highest BCUT2D eigenvalue weighted by molar-refractivity contribution is 6.35. The van der Waals surface area contributed by atoms with E-state index in [0.29, 0.717) is 21.3 Å². The van der Waals surface area contributed by atoms with Crippen LogP contribution in [0, 0.1) is 11.3 Å². The van der Waals surface area contributed by atoms with E-state index in [4.69, 9.17) is 47.9 Å². The molecule has 3 N–H and O–H groups in total. The van der Waals surface area contributed by atoms with E-state index in [1.54, 1.807) is 50.2 Å². The van der Waals surface area contributed by atoms with Gasteiger partial charge in [0.05, 0.1) is 25.2 Å². The van der Waals surface area contributed by atoms with Crippen LogP contribution in [0.15, 0.2) is 59.2 Å². The molecule has 3 rings (SSSR count). The van der Waals surface area contributed by atoms with Crippen molar-refractivity contribution in [2.75, 3.05) is 25.6 Å². The normalized spacial score (nSPS) is 15.1. The minimum absolute atomic E-state index is 0.0546. The van der Waals surface area contributed by atoms with E-state index in [1.807, 2.05) is 6.07 Å². The van der Waals surface area contributed by atoms with Gasteiger partial charge in [-0.3, -0.25) is 4.79 Å². The third-order valence-corrected chi connectivity index (χ3v) is 5.56. The Kier molecular flexibility index (Phi) is 8.69. The molecule has 0 fully saturated rings. The number of hydrogen-bond donors (Lipinski definition) is 2. The fraction of sp³-hybridized carbons (Fsp3) is 0.240. The van der Waals surface area contributed by atoms with Gasteiger partial charge in [0.2, 0.25) is 5.88 Å². The average Bonchev–Trinajstić information content (AvgIpc) is 2.81. The first-order valence-electron chi connectivity index (χ1n) is 10.7. The summed E-state index contributed by atoms with van der Waals surface area (Å²) < 4.78 is 21.7. The zero-order chi connectivity index (χ0) is 26.4. The lowest BCUT2D eigenvalue weighted by Gasteiger charge is -2.27. The fourth-order valence-corrected chi connectivity index (χ4v) is 4.16. The number of benzene rings is 2. The van der Waals surface area contributed by atoms with Crippen LogP contribution in [-0.4, -0.2) is 32.2 Å². The van der Waals surface area contributed by atoms with Crippen molar-refractivity contribution in [2.24, 2.45) is 5.73 Å². The number of halogens is 2. The number of esters is 1. The molecule has 1 heterocycles. The number of amides is 1. The summed E-state index contributed by atoms with van der Waals surface area (Å²) in [6.45, 7) is 3.05. The van der Waals surface area contributed by atoms with Crippen molar-refractivity contribution in [1.82, 2.24) is 0 Å². The second-order valence-electron chi connectivity index (χ2n) is 7.52. The highest BCUT2D eigenvalue weighted by Gasteiger charge is 2.36. The molecule has 1 aliphatic heterocycles. The van der Waals surface area contributed by atoms with Gasteiger partial charge in [-0.15, -0.1) is 0 Å². The van der Waals surface area contributed by atoms with Crippen molar-refractivity contribution in [3.05, 3.63) is 74.8 Å². The number of nitrogens with zero attached hydrogens (tertiary/aromatic N) is 1. The highest BCUT2D eigenvalue weighted by Crippen LogP contribution is 2.42. The Balaban J connectivity index is 1.86. The molecule has 0 spiro atoms. The molecule has 0 aliphatic carbocycles. The van der Waals surface area contributed by atoms with Crippen LogP contribution in [0.2, 0.25) is 10.0 Å². The van der Waals surface area contributed by atoms with Crippen molar-refractivity contribution in [1.29, 1.82) is 5.26 Å². The van der Waals surface area contributed by atoms with Crippen molar-refractivity contribution < 1.29 is 28.5 Å². The van der Waals surface area contributed by atoms with Crippen molar-refractivity contribution in [2.45, 2.75) is 19.8 Å². The minimum Gasteiger partial charge on any atom is -0.493 e. The third-order valence-electron chi connectivity index (χ3n) is 5.13. The summed E-state index contributed by atoms with van der Waals surface area (Å²) in [5.41, 5.74) is 7.08. The van der Waals surface area contributed by atoms with Gasteiger partial charge >= 0.3 is 5.97 Å². The molecular formula is C25H23Cl2N3O6. The first-order chi connectivity index (χ1) is 17.2. The summed E-state index contributed by atoms with van der Waals surface area (Å²) in [6, 6.07) is 11.5. The van der Waals surface area contributed by atoms with Crippen LogP contribution in [0.25, 0.3) is 0 Å². The Morgan fingerprint density at radius 3 is 2.47 bits per heavy atom. The predicted octanol–water partition coefficient (Wildman–Crippen LogP) is 4.66. The van der Waals surface area contributed by atoms with Crippen LogP contribution in [0.5, 0.6) is 11.5 Å². The van der Waals surface area contributed by atoms with Gasteiger partial charge in [-0.1, -0.05) is 29.3 Å². The SMILES string of the molecule is CCOC(=O)C1=C(C)OC(N)=C(C#N)C1c1ccc(OCC(=O)Nc2cc(Cl)cc(Cl)c2)c(OC)c1. The molecule has 0 saturated carbocycles. The Bertz CT molecular complexity index is 1280. The zero-order valence-corrected chi connectivity index (χ0v) is 21.2. The standard InChI is InChI=1S/C25H23Cl2N3O6/c1-4-34-25(32)22-13(2)36-24(29)18(11-28)23(22)14-5-6-19(20(7-14)33-3)35-12-21(31)30-17-9-15(26)8-16(27)10-17/h5-10,23H,4,12,29H2,1-3H3,(H,30,31). The monoisotopic (exact) mass is 531 g/mol. The Labute approximate surface area is 218 Å². The number of rotatable bonds is 8. The quantitative estimate of drug-likeness (QED) is 0.469. The van der Waals surface area contributed by atoms with E-state index < -0.39 is 17.8 Å². The fourth-order valence-electron chi connectivity index (χ4n) is 3.64. The molecule has 1 amide bonds. The summed E-state index contributed by atoms with van der Waals surface area (Å²) in [6.07, 6.45) is 0. The van der Waals surface area contributed by atoms with Gasteiger partial charge < -0.3 is 30.0 Å². The third kappa shape index (κ3) is 6.03. The van der Waals surface area contributed by atoms with E-state index in [9.17, 15) is 14.9 Å². The first kappa shape index (κ1) is 26.7. The predicted molar refractivity (Wildman–Crippen MR) is 134 cm³/mol. The van der Waals surface area contributed by atoms with Gasteiger partial charge in [0, 0.05) is 15.7 Å². The summed E-state index contributed by atoms with van der Waals surface area (Å²) >= 11 is 11.9. The molecule has 36 heavy (non-hydrogen) atoms. The number of carbonyl (C=O) groups is 2. The van der Waals surface area contributed by atoms with Gasteiger partial charge in [0.15, 0.2) is 18.1 Å². The van der Waals surface area contributed by atoms with Crippen LogP contribution in [0.3, 0.4) is 0 Å². The number of nitrogens with two attached hydrogens (primary N) is 1. The molecular weight excluding hydrogens is 509 g/mol. The lowest BCUT2D eigenvalue weighted by molar-refractivity contribution is -0.139. The van der Waals surface area contributed by atoms with Gasteiger partial charge in [0.25, 0.3) is 5.91 Å². The number of allylic oxidation sites excluding steroid dienone is 2. The number of carbonyl (C=O) groups excluding carboxylic acids is 2. The van der Waals surface area contributed by atoms with Crippen LogP contribution in [-0.2, 0) is 19.1 Å². The summed E-state index contributed by atoms with van der Waals surface area (Å²) in [5, 5.41) is 13.1. The maximum absolute atomic E-state index is 12.7. The minimum atomic E-state index is -0.846. The Morgan fingerprint density at radius 2 is 1.86 bits per heavy atom. The number of nitriles is 1. The molecule has 1 aliphatic rings. The molecule has 1 atom stereocenters. The maximum Gasteiger partial charge on any atom is 0.338 e. The number of hydrogen-bond acceptors (Lipinski definition) is 8. The molecule has 0 radical (unpaired) electrons. The Hall–Kier alpha value is -3.87. The number of methoxy groups -OCH3 is 1. The molecule has 0 aromatic heterocycles. The van der Waals surface area contributed by atoms with Gasteiger partial charge in [0.1, 0.15) is 17.4 Å². The van der Waals surface area contributed by atoms with Crippen molar-refractivity contribution >= 4 is 40.8 Å². The Morgan fingerprint density at radius 1 is 1.17 bits per heavy atom. The van der Waals surface area contributed by atoms with Crippen LogP contribution in [0.1, 0.15) is 25.3 Å². The molecule has 2 aromatic carbocycles. The first-order valence-corrected chi connectivity index (χ1v) is 11.5. The highest BCUT2D eigenvalue weighted by atomic mass is 35.5. The number of nitrogens with one attached hydrogen (secondary N) is 1. The molecule has 1 unspecified atom stereocenters.